The Kier molecular flexibility index (Phi) is 3.78. The van der Waals surface area contributed by atoms with Crippen LogP contribution in [0.25, 0.3) is 0 Å². The summed E-state index contributed by atoms with van der Waals surface area (Å²) in [6, 6.07) is 2.11. The van der Waals surface area contributed by atoms with Crippen molar-refractivity contribution < 1.29 is 14.7 Å². The first-order chi connectivity index (χ1) is 8.13. The van der Waals surface area contributed by atoms with E-state index in [1.165, 1.54) is 0 Å². The summed E-state index contributed by atoms with van der Waals surface area (Å²) in [5.41, 5.74) is 1.04. The lowest BCUT2D eigenvalue weighted by molar-refractivity contribution is -0.138. The van der Waals surface area contributed by atoms with Crippen molar-refractivity contribution in [3.63, 3.8) is 0 Å². The van der Waals surface area contributed by atoms with Gasteiger partial charge in [-0.15, -0.1) is 0 Å². The van der Waals surface area contributed by atoms with Gasteiger partial charge in [-0.2, -0.15) is 11.3 Å². The zero-order valence-corrected chi connectivity index (χ0v) is 10.2. The van der Waals surface area contributed by atoms with Gasteiger partial charge in [0.2, 0.25) is 5.91 Å². The third-order valence-electron chi connectivity index (χ3n) is 3.01. The van der Waals surface area contributed by atoms with Crippen molar-refractivity contribution in [1.82, 2.24) is 5.32 Å². The van der Waals surface area contributed by atoms with Gasteiger partial charge in [-0.3, -0.25) is 9.59 Å². The quantitative estimate of drug-likeness (QED) is 0.838. The fourth-order valence-corrected chi connectivity index (χ4v) is 2.79. The number of amides is 1. The van der Waals surface area contributed by atoms with Crippen LogP contribution in [0.2, 0.25) is 0 Å². The number of thiophene rings is 1. The number of hydrogen-bond acceptors (Lipinski definition) is 3. The second-order valence-corrected chi connectivity index (χ2v) is 5.29. The molecule has 0 saturated heterocycles. The van der Waals surface area contributed by atoms with Crippen LogP contribution in [-0.4, -0.2) is 23.0 Å². The van der Waals surface area contributed by atoms with Crippen LogP contribution in [0.5, 0.6) is 0 Å². The molecular formula is C12H15NO3S. The number of carbonyl (C=O) groups excluding carboxylic acids is 1. The fourth-order valence-electron chi connectivity index (χ4n) is 2.12. The zero-order valence-electron chi connectivity index (χ0n) is 9.39. The van der Waals surface area contributed by atoms with E-state index in [0.29, 0.717) is 6.42 Å². The van der Waals surface area contributed by atoms with Gasteiger partial charge < -0.3 is 10.4 Å². The summed E-state index contributed by atoms with van der Waals surface area (Å²) in [6.45, 7) is 0. The third kappa shape index (κ3) is 3.56. The first-order valence-corrected chi connectivity index (χ1v) is 6.60. The van der Waals surface area contributed by atoms with E-state index in [-0.39, 0.29) is 24.3 Å². The van der Waals surface area contributed by atoms with Crippen LogP contribution in [0.15, 0.2) is 16.8 Å². The molecule has 4 nitrogen and oxygen atoms in total. The minimum atomic E-state index is -0.752. The van der Waals surface area contributed by atoms with E-state index in [2.05, 4.69) is 5.32 Å². The van der Waals surface area contributed by atoms with Crippen molar-refractivity contribution in [1.29, 1.82) is 0 Å². The molecule has 0 unspecified atom stereocenters. The minimum Gasteiger partial charge on any atom is -0.481 e. The highest BCUT2D eigenvalue weighted by atomic mass is 32.1. The first-order valence-electron chi connectivity index (χ1n) is 5.65. The van der Waals surface area contributed by atoms with Crippen LogP contribution in [0.3, 0.4) is 0 Å². The molecule has 2 N–H and O–H groups in total. The van der Waals surface area contributed by atoms with Crippen LogP contribution in [-0.2, 0) is 16.0 Å². The number of rotatable bonds is 5. The number of carboxylic acid groups (broad SMARTS) is 1. The highest BCUT2D eigenvalue weighted by Gasteiger charge is 2.31. The van der Waals surface area contributed by atoms with Gasteiger partial charge in [0, 0.05) is 12.5 Å². The van der Waals surface area contributed by atoms with E-state index in [0.717, 1.165) is 18.4 Å². The largest absolute Gasteiger partial charge is 0.481 e. The molecular weight excluding hydrogens is 238 g/mol. The van der Waals surface area contributed by atoms with Crippen molar-refractivity contribution in [3.05, 3.63) is 22.4 Å². The summed E-state index contributed by atoms with van der Waals surface area (Å²) in [7, 11) is 0. The van der Waals surface area contributed by atoms with E-state index in [1.807, 2.05) is 16.8 Å². The summed E-state index contributed by atoms with van der Waals surface area (Å²) in [6.07, 6.45) is 2.23. The molecule has 1 aliphatic rings. The van der Waals surface area contributed by atoms with Crippen LogP contribution in [0, 0.1) is 5.92 Å². The normalized spacial score (nSPS) is 22.8. The molecule has 1 fully saturated rings. The molecule has 2 rings (SSSR count). The first kappa shape index (κ1) is 12.1. The van der Waals surface area contributed by atoms with E-state index < -0.39 is 5.97 Å². The van der Waals surface area contributed by atoms with Gasteiger partial charge in [0.15, 0.2) is 0 Å². The molecule has 1 aromatic heterocycles. The van der Waals surface area contributed by atoms with Crippen molar-refractivity contribution in [2.45, 2.75) is 31.7 Å². The Morgan fingerprint density at radius 3 is 2.82 bits per heavy atom. The lowest BCUT2D eigenvalue weighted by atomic mass is 9.78. The molecule has 0 atom stereocenters. The van der Waals surface area contributed by atoms with Crippen LogP contribution < -0.4 is 5.32 Å². The van der Waals surface area contributed by atoms with E-state index in [4.69, 9.17) is 5.11 Å². The van der Waals surface area contributed by atoms with Crippen LogP contribution in [0.4, 0.5) is 0 Å². The van der Waals surface area contributed by atoms with Crippen molar-refractivity contribution in [2.24, 2.45) is 5.92 Å². The summed E-state index contributed by atoms with van der Waals surface area (Å²) < 4.78 is 0. The van der Waals surface area contributed by atoms with Gasteiger partial charge in [-0.25, -0.2) is 0 Å². The standard InChI is InChI=1S/C12H15NO3S/c14-11(5-8-1-2-17-7-8)13-10-3-9(4-10)6-12(15)16/h1-2,7,9-10H,3-6H2,(H,13,14)(H,15,16). The Labute approximate surface area is 104 Å². The highest BCUT2D eigenvalue weighted by molar-refractivity contribution is 7.07. The molecule has 0 spiro atoms. The average Bonchev–Trinajstić information content (AvgIpc) is 2.66. The van der Waals surface area contributed by atoms with Gasteiger partial charge in [-0.1, -0.05) is 0 Å². The predicted molar refractivity (Wildman–Crippen MR) is 64.9 cm³/mol. The van der Waals surface area contributed by atoms with Gasteiger partial charge in [0.25, 0.3) is 0 Å². The molecule has 1 aliphatic carbocycles. The van der Waals surface area contributed by atoms with E-state index in [1.54, 1.807) is 11.3 Å². The van der Waals surface area contributed by atoms with Crippen molar-refractivity contribution in [2.75, 3.05) is 0 Å². The maximum absolute atomic E-state index is 11.6. The number of carbonyl (C=O) groups is 2. The zero-order chi connectivity index (χ0) is 12.3. The summed E-state index contributed by atoms with van der Waals surface area (Å²) >= 11 is 1.58. The second kappa shape index (κ2) is 5.31. The smallest absolute Gasteiger partial charge is 0.303 e. The maximum atomic E-state index is 11.6. The second-order valence-electron chi connectivity index (χ2n) is 4.51. The Balaban J connectivity index is 1.66. The van der Waals surface area contributed by atoms with Crippen molar-refractivity contribution in [3.8, 4) is 0 Å². The van der Waals surface area contributed by atoms with E-state index in [9.17, 15) is 9.59 Å². The Morgan fingerprint density at radius 2 is 2.24 bits per heavy atom. The third-order valence-corrected chi connectivity index (χ3v) is 3.74. The number of aliphatic carboxylic acids is 1. The molecule has 5 heteroatoms. The molecule has 1 aromatic rings. The molecule has 1 saturated carbocycles. The Morgan fingerprint density at radius 1 is 1.47 bits per heavy atom. The van der Waals surface area contributed by atoms with Gasteiger partial charge in [0.05, 0.1) is 6.42 Å². The minimum absolute atomic E-state index is 0.0298. The van der Waals surface area contributed by atoms with Gasteiger partial charge in [-0.05, 0) is 41.1 Å². The molecule has 0 aromatic carbocycles. The summed E-state index contributed by atoms with van der Waals surface area (Å²) in [5, 5.41) is 15.5. The molecule has 0 radical (unpaired) electrons. The van der Waals surface area contributed by atoms with Crippen LogP contribution in [0.1, 0.15) is 24.8 Å². The lowest BCUT2D eigenvalue weighted by Crippen LogP contribution is -2.45. The molecule has 1 amide bonds. The summed E-state index contributed by atoms with van der Waals surface area (Å²) in [4.78, 5) is 22.1. The monoisotopic (exact) mass is 253 g/mol. The molecule has 0 aliphatic heterocycles. The fraction of sp³-hybridized carbons (Fsp3) is 0.500. The summed E-state index contributed by atoms with van der Waals surface area (Å²) in [5.74, 6) is -0.487. The molecule has 0 bridgehead atoms. The van der Waals surface area contributed by atoms with Crippen LogP contribution >= 0.6 is 11.3 Å². The highest BCUT2D eigenvalue weighted by Crippen LogP contribution is 2.30. The molecule has 92 valence electrons. The van der Waals surface area contributed by atoms with E-state index >= 15 is 0 Å². The lowest BCUT2D eigenvalue weighted by Gasteiger charge is -2.34. The van der Waals surface area contributed by atoms with Gasteiger partial charge >= 0.3 is 5.97 Å². The molecule has 17 heavy (non-hydrogen) atoms. The topological polar surface area (TPSA) is 66.4 Å². The average molecular weight is 253 g/mol. The number of carboxylic acids is 1. The van der Waals surface area contributed by atoms with Crippen molar-refractivity contribution >= 4 is 23.2 Å². The number of hydrogen-bond donors (Lipinski definition) is 2. The SMILES string of the molecule is O=C(O)CC1CC(NC(=O)Cc2ccsc2)C1. The number of nitrogens with one attached hydrogen (secondary N) is 1. The predicted octanol–water partition coefficient (Wildman–Crippen LogP) is 1.66. The van der Waals surface area contributed by atoms with Gasteiger partial charge in [0.1, 0.15) is 0 Å². The maximum Gasteiger partial charge on any atom is 0.303 e. The Hall–Kier alpha value is -1.36. The molecule has 1 heterocycles. The Bertz CT molecular complexity index is 396.